The van der Waals surface area contributed by atoms with Crippen LogP contribution in [-0.2, 0) is 57.0 Å². The third-order valence-corrected chi connectivity index (χ3v) is 18.0. The maximum atomic E-state index is 15.0. The Balaban J connectivity index is 0.000000208. The first-order valence-corrected chi connectivity index (χ1v) is 36.3. The topological polar surface area (TPSA) is 424 Å². The number of fused-ring (bicyclic) bond motifs is 2. The number of cyclic esters (lactones) is 4. The average Bonchev–Trinajstić information content (AvgIpc) is 1.39. The summed E-state index contributed by atoms with van der Waals surface area (Å²) in [6, 6.07) is 28.8. The molecule has 10 heterocycles. The third kappa shape index (κ3) is 25.2. The Morgan fingerprint density at radius 1 is 0.467 bits per heavy atom. The fraction of sp³-hybridized carbons (Fsp3) is 0.405. The van der Waals surface area contributed by atoms with Gasteiger partial charge in [0.05, 0.1) is 188 Å². The molecule has 8 N–H and O–H groups in total. The number of rotatable bonds is 14. The Hall–Kier alpha value is -10.2. The summed E-state index contributed by atoms with van der Waals surface area (Å²) in [5.74, 6) is 2.05. The van der Waals surface area contributed by atoms with Crippen molar-refractivity contribution in [3.63, 3.8) is 0 Å². The molecule has 41 heteroatoms. The van der Waals surface area contributed by atoms with Crippen LogP contribution in [0.4, 0.5) is 82.2 Å². The number of hydrazine groups is 1. The second-order valence-corrected chi connectivity index (χ2v) is 25.8. The number of benzene rings is 6. The summed E-state index contributed by atoms with van der Waals surface area (Å²) in [6.45, 7) is -16.5. The zero-order valence-corrected chi connectivity index (χ0v) is 68.8. The van der Waals surface area contributed by atoms with E-state index in [-0.39, 0.29) is 212 Å². The van der Waals surface area contributed by atoms with Gasteiger partial charge in [0.1, 0.15) is 47.7 Å². The van der Waals surface area contributed by atoms with Gasteiger partial charge in [-0.3, -0.25) is 60.2 Å². The van der Waals surface area contributed by atoms with E-state index in [2.05, 4.69) is 27.1 Å². The molecule has 0 unspecified atom stereocenters. The molecule has 0 radical (unpaired) electrons. The van der Waals surface area contributed by atoms with Crippen LogP contribution >= 0.6 is 11.6 Å². The van der Waals surface area contributed by atoms with Crippen molar-refractivity contribution in [1.29, 1.82) is 0 Å². The fourth-order valence-corrected chi connectivity index (χ4v) is 12.3. The van der Waals surface area contributed by atoms with E-state index >= 15 is 0 Å². The molecule has 8 saturated heterocycles. The number of nitrogens with two attached hydrogens (primary N) is 3. The van der Waals surface area contributed by atoms with Crippen LogP contribution in [0.2, 0.25) is 0 Å². The van der Waals surface area contributed by atoms with Crippen LogP contribution in [0.3, 0.4) is 0 Å². The van der Waals surface area contributed by atoms with Crippen LogP contribution in [0.5, 0.6) is 0 Å². The predicted octanol–water partition coefficient (Wildman–Crippen LogP) is 3.46. The molecule has 4 atom stereocenters. The van der Waals surface area contributed by atoms with Crippen molar-refractivity contribution in [2.75, 3.05) is 203 Å². The SMILES string of the molecule is CC(=O)OC(C)=O.CO.NN.O=C1[N-]C(=O)c2ccccc21.[2H]C1([2H])CN(c2ccc(N3C[C@H](CCl)OC3=O)cc2F)CC([2H])([2H])O1.[2H]C1([2H])CN(c2ccc(N3C[C@H](CN)OC3=O)cc2F)CC([2H])([2H])O1.[2H]C1([2H])CN(c2ccc(N3C[C@H](CN4C(=O)c5ccccc5C4=O)OC3=O)cc2F)CC([2H])([2H])O1.[2H]C1([2H])CN(c2ccc(N3C[C@H](CNC(C)=O)OC3=O)cc2F)CC([2H])([2H])O1.[K+]. The summed E-state index contributed by atoms with van der Waals surface area (Å²) < 4.78 is 225. The molecule has 0 aliphatic carbocycles. The van der Waals surface area contributed by atoms with Crippen LogP contribution < -0.4 is 113 Å². The fourth-order valence-electron chi connectivity index (χ4n) is 12.1. The molecule has 0 saturated carbocycles. The van der Waals surface area contributed by atoms with Crippen molar-refractivity contribution in [3.8, 4) is 0 Å². The van der Waals surface area contributed by atoms with Crippen LogP contribution in [0.15, 0.2) is 121 Å². The molecule has 9 amide bonds. The van der Waals surface area contributed by atoms with Gasteiger partial charge in [-0.2, -0.15) is 0 Å². The number of alkyl halides is 1. The number of hydrogen-bond donors (Lipinski definition) is 5. The minimum absolute atomic E-state index is 0. The first-order valence-electron chi connectivity index (χ1n) is 43.8. The number of halogens is 5. The Labute approximate surface area is 757 Å². The van der Waals surface area contributed by atoms with Gasteiger partial charge in [-0.15, -0.1) is 11.6 Å². The number of esters is 2. The molecule has 8 fully saturated rings. The van der Waals surface area contributed by atoms with Crippen molar-refractivity contribution in [3.05, 3.63) is 172 Å². The number of amides is 9. The Kier molecular flexibility index (Phi) is 28.6. The van der Waals surface area contributed by atoms with E-state index < -0.39 is 160 Å². The molecule has 10 aliphatic rings. The number of carbonyl (C=O) groups excluding carboxylic acids is 11. The number of hydrogen-bond acceptors (Lipinski definition) is 28. The standard InChI is InChI=1S/C22H20FN3O5.C16H20FN3O4.C14H16ClFN2O3.C14H18FN3O3.C8H5NO2.C4H6O3.CH4O.K.H4N2/c23-18-11-14(5-6-19(18)24-7-9-30-10-8-24)25-12-15(31-22(25)29)13-26-20(27)16-3-1-2-4-17(16)21(26)28;1-11(21)18-9-13-10-20(16(22)24-13)12-2-3-15(14(17)8-12)19-4-6-23-7-5-19;15-8-11-9-18(14(19)21-11)10-1-2-13(12(16)7-10)17-3-5-20-6-4-17;15-12-7-10(18-9-11(8-16)21-14(18)19)1-2-13(12)17-3-5-20-6-4-17;10-7-5-3-1-2-4-6(5)8(11)9-7;1-3(5)7-4(2)6;1-2;;1-2/h1-6,11,15H,7-10,12-13H2;2-3,8,13H,4-7,9-10H2,1H3,(H,18,21);1-2,7,11H,3-6,8-9H2;1-2,7,11H,3-6,8-9,16H2;1-4H,(H,9,10,11);1-2H3;2H,1H3;;1-2H2/q;;;;;;;+1;/p-1/t15-;13-;2*11-;;;;;/m1000...../s1/i9D2,10D2;6D2,7D2;2*5D2,6D2;;;;;. The molecule has 16 rings (SSSR count). The summed E-state index contributed by atoms with van der Waals surface area (Å²) in [5.41, 5.74) is 7.89. The van der Waals surface area contributed by atoms with Crippen LogP contribution in [0.1, 0.15) is 84.1 Å². The van der Waals surface area contributed by atoms with E-state index in [0.717, 1.165) is 36.3 Å². The van der Waals surface area contributed by atoms with Gasteiger partial charge < -0.3 is 93.3 Å². The Morgan fingerprint density at radius 3 is 1.02 bits per heavy atom. The van der Waals surface area contributed by atoms with Crippen molar-refractivity contribution in [2.45, 2.75) is 45.2 Å². The van der Waals surface area contributed by atoms with Gasteiger partial charge in [-0.05, 0) is 84.9 Å². The zero-order chi connectivity index (χ0) is 100. The van der Waals surface area contributed by atoms with E-state index in [0.29, 0.717) is 16.8 Å². The zero-order valence-electron chi connectivity index (χ0n) is 80.9. The predicted molar refractivity (Wildman–Crippen MR) is 426 cm³/mol. The van der Waals surface area contributed by atoms with Crippen LogP contribution in [0, 0.1) is 23.3 Å². The van der Waals surface area contributed by atoms with Gasteiger partial charge in [0.15, 0.2) is 0 Å². The third-order valence-electron chi connectivity index (χ3n) is 17.6. The van der Waals surface area contributed by atoms with E-state index in [1.165, 1.54) is 109 Å². The van der Waals surface area contributed by atoms with Crippen LogP contribution in [-0.4, -0.2) is 264 Å². The number of imide groups is 2. The van der Waals surface area contributed by atoms with Gasteiger partial charge >= 0.3 is 87.7 Å². The summed E-state index contributed by atoms with van der Waals surface area (Å²) >= 11 is 5.67. The number of ether oxygens (including phenoxy) is 9. The Morgan fingerprint density at radius 2 is 0.750 bits per heavy atom. The second-order valence-electron chi connectivity index (χ2n) is 25.4. The molecule has 0 spiro atoms. The first-order chi connectivity index (χ1) is 63.0. The van der Waals surface area contributed by atoms with E-state index in [1.807, 2.05) is 0 Å². The maximum Gasteiger partial charge on any atom is 1.00 e. The number of nitrogens with one attached hydrogen (secondary N) is 1. The summed E-state index contributed by atoms with van der Waals surface area (Å²) in [4.78, 5) is 137. The van der Waals surface area contributed by atoms with Gasteiger partial charge in [-0.25, -0.2) is 36.7 Å². The summed E-state index contributed by atoms with van der Waals surface area (Å²) in [7, 11) is 1.00. The molecule has 35 nitrogen and oxygen atoms in total. The van der Waals surface area contributed by atoms with Crippen molar-refractivity contribution < 1.29 is 191 Å². The van der Waals surface area contributed by atoms with Gasteiger partial charge in [-0.1, -0.05) is 36.4 Å². The monoisotopic (exact) mass is 1740 g/mol. The molecular formula is C79H92ClF4KN14O21. The molecular weight excluding hydrogens is 1630 g/mol. The number of nitrogens with zero attached hydrogens (tertiary/aromatic N) is 10. The second kappa shape index (κ2) is 46.6. The number of carbonyl (C=O) groups is 11. The van der Waals surface area contributed by atoms with E-state index in [9.17, 15) is 70.3 Å². The summed E-state index contributed by atoms with van der Waals surface area (Å²) in [6.07, 6.45) is -4.94. The smallest absolute Gasteiger partial charge is 0.587 e. The minimum atomic E-state index is -2.32. The number of anilines is 8. The summed E-state index contributed by atoms with van der Waals surface area (Å²) in [5, 5.41) is 12.8. The maximum absolute atomic E-state index is 15.0. The number of aliphatic hydroxyl groups is 1. The molecule has 120 heavy (non-hydrogen) atoms. The average molecular weight is 1740 g/mol. The quantitative estimate of drug-likeness (QED) is 0.0120. The number of aliphatic hydroxyl groups excluding tert-OH is 1. The molecule has 640 valence electrons. The Bertz CT molecular complexity index is 5180. The van der Waals surface area contributed by atoms with E-state index in [4.69, 9.17) is 82.3 Å². The normalized spacial score (nSPS) is 24.7. The molecule has 6 aromatic rings. The largest absolute Gasteiger partial charge is 1.00 e. The molecule has 10 aliphatic heterocycles. The van der Waals surface area contributed by atoms with Gasteiger partial charge in [0.2, 0.25) is 5.91 Å². The van der Waals surface area contributed by atoms with Crippen molar-refractivity contribution in [2.24, 2.45) is 17.4 Å². The number of morpholine rings is 4. The molecule has 0 aromatic heterocycles. The van der Waals surface area contributed by atoms with Crippen molar-refractivity contribution in [1.82, 2.24) is 10.2 Å². The first kappa shape index (κ1) is 73.7. The minimum Gasteiger partial charge on any atom is -0.587 e. The molecule has 6 aromatic carbocycles. The van der Waals surface area contributed by atoms with Crippen LogP contribution in [0.25, 0.3) is 5.32 Å². The van der Waals surface area contributed by atoms with Gasteiger partial charge in [0.25, 0.3) is 11.8 Å². The van der Waals surface area contributed by atoms with Crippen molar-refractivity contribution >= 4 is 123 Å². The van der Waals surface area contributed by atoms with E-state index in [1.54, 1.807) is 48.5 Å². The van der Waals surface area contributed by atoms with Gasteiger partial charge in [0, 0.05) is 97.9 Å². The molecule has 0 bridgehead atoms.